The van der Waals surface area contributed by atoms with Gasteiger partial charge in [-0.3, -0.25) is 0 Å². The van der Waals surface area contributed by atoms with E-state index in [1.807, 2.05) is 0 Å². The second kappa shape index (κ2) is 7.97. The van der Waals surface area contributed by atoms with E-state index in [2.05, 4.69) is 141 Å². The Balaban J connectivity index is 2.18. The van der Waals surface area contributed by atoms with Gasteiger partial charge in [-0.05, 0) is 58.7 Å². The number of hydrogen-bond donors (Lipinski definition) is 0. The molecule has 0 saturated carbocycles. The Labute approximate surface area is 178 Å². The third kappa shape index (κ3) is 3.24. The van der Waals surface area contributed by atoms with E-state index in [0.717, 1.165) is 8.95 Å². The molecule has 27 heavy (non-hydrogen) atoms. The lowest BCUT2D eigenvalue weighted by Crippen LogP contribution is -2.75. The monoisotopic (exact) mass is 492 g/mol. The van der Waals surface area contributed by atoms with Gasteiger partial charge in [-0.1, -0.05) is 103 Å². The van der Waals surface area contributed by atoms with Gasteiger partial charge in [-0.2, -0.15) is 0 Å². The summed E-state index contributed by atoms with van der Waals surface area (Å²) in [5.74, 6) is 0. The molecular formula is C24H18Br2Si. The molecule has 0 nitrogen and oxygen atoms in total. The van der Waals surface area contributed by atoms with Crippen molar-refractivity contribution in [1.29, 1.82) is 0 Å². The average Bonchev–Trinajstić information content (AvgIpc) is 2.74. The molecule has 4 aromatic carbocycles. The van der Waals surface area contributed by atoms with Gasteiger partial charge in [0, 0.05) is 8.95 Å². The molecular weight excluding hydrogens is 476 g/mol. The molecule has 0 saturated heterocycles. The van der Waals surface area contributed by atoms with E-state index in [9.17, 15) is 0 Å². The van der Waals surface area contributed by atoms with Gasteiger partial charge in [0.05, 0.1) is 0 Å². The molecule has 4 rings (SSSR count). The molecule has 0 heterocycles. The summed E-state index contributed by atoms with van der Waals surface area (Å²) in [7, 11) is -2.45. The highest BCUT2D eigenvalue weighted by molar-refractivity contribution is 9.13. The summed E-state index contributed by atoms with van der Waals surface area (Å²) in [6.07, 6.45) is 0. The van der Waals surface area contributed by atoms with Gasteiger partial charge in [0.15, 0.2) is 8.07 Å². The number of halogens is 2. The van der Waals surface area contributed by atoms with E-state index in [1.165, 1.54) is 20.7 Å². The van der Waals surface area contributed by atoms with Crippen LogP contribution in [-0.4, -0.2) is 8.07 Å². The van der Waals surface area contributed by atoms with Crippen LogP contribution >= 0.6 is 31.9 Å². The Morgan fingerprint density at radius 1 is 0.444 bits per heavy atom. The second-order valence-corrected chi connectivity index (χ2v) is 11.9. The van der Waals surface area contributed by atoms with Crippen molar-refractivity contribution in [2.24, 2.45) is 0 Å². The summed E-state index contributed by atoms with van der Waals surface area (Å²) in [5.41, 5.74) is 0. The minimum absolute atomic E-state index is 1.08. The lowest BCUT2D eigenvalue weighted by atomic mass is 10.3. The van der Waals surface area contributed by atoms with Gasteiger partial charge in [-0.15, -0.1) is 0 Å². The van der Waals surface area contributed by atoms with Crippen molar-refractivity contribution in [3.8, 4) is 0 Å². The van der Waals surface area contributed by atoms with Crippen LogP contribution in [0.15, 0.2) is 118 Å². The van der Waals surface area contributed by atoms with Crippen molar-refractivity contribution >= 4 is 60.7 Å². The number of rotatable bonds is 4. The van der Waals surface area contributed by atoms with Crippen molar-refractivity contribution in [3.63, 3.8) is 0 Å². The summed E-state index contributed by atoms with van der Waals surface area (Å²) in [6, 6.07) is 39.3. The molecule has 0 aliphatic rings. The first kappa shape index (κ1) is 18.4. The highest BCUT2D eigenvalue weighted by atomic mass is 79.9. The Hall–Kier alpha value is -1.94. The zero-order valence-electron chi connectivity index (χ0n) is 14.6. The third-order valence-electron chi connectivity index (χ3n) is 4.98. The zero-order chi connectivity index (χ0) is 18.7. The normalized spacial score (nSPS) is 11.3. The smallest absolute Gasteiger partial charge is 0.0623 e. The predicted octanol–water partition coefficient (Wildman–Crippen LogP) is 4.59. The highest BCUT2D eigenvalue weighted by Gasteiger charge is 2.42. The van der Waals surface area contributed by atoms with E-state index in [0.29, 0.717) is 0 Å². The van der Waals surface area contributed by atoms with Gasteiger partial charge >= 0.3 is 0 Å². The first-order valence-corrected chi connectivity index (χ1v) is 12.4. The molecule has 0 aliphatic carbocycles. The standard InChI is InChI=1S/C24H18Br2Si/c25-22-17-10-18-23(24(22)26)27(19-11-4-1-5-12-19,20-13-6-2-7-14-20)21-15-8-3-9-16-21/h1-18H. The summed E-state index contributed by atoms with van der Waals surface area (Å²) >= 11 is 7.63. The Kier molecular flexibility index (Phi) is 5.44. The molecule has 0 atom stereocenters. The van der Waals surface area contributed by atoms with Gasteiger partial charge < -0.3 is 0 Å². The first-order valence-electron chi connectivity index (χ1n) is 8.85. The van der Waals surface area contributed by atoms with E-state index in [4.69, 9.17) is 0 Å². The van der Waals surface area contributed by atoms with Crippen LogP contribution in [0.1, 0.15) is 0 Å². The molecule has 4 aromatic rings. The van der Waals surface area contributed by atoms with E-state index in [-0.39, 0.29) is 0 Å². The Morgan fingerprint density at radius 2 is 0.852 bits per heavy atom. The van der Waals surface area contributed by atoms with Crippen LogP contribution in [0.3, 0.4) is 0 Å². The van der Waals surface area contributed by atoms with E-state index in [1.54, 1.807) is 0 Å². The maximum atomic E-state index is 3.90. The maximum Gasteiger partial charge on any atom is 0.180 e. The minimum atomic E-state index is -2.45. The molecule has 132 valence electrons. The van der Waals surface area contributed by atoms with Crippen LogP contribution < -0.4 is 20.7 Å². The van der Waals surface area contributed by atoms with Gasteiger partial charge in [-0.25, -0.2) is 0 Å². The summed E-state index contributed by atoms with van der Waals surface area (Å²) in [5, 5.41) is 5.48. The molecule has 0 spiro atoms. The molecule has 0 fully saturated rings. The number of hydrogen-bond acceptors (Lipinski definition) is 0. The fourth-order valence-corrected chi connectivity index (χ4v) is 10.4. The summed E-state index contributed by atoms with van der Waals surface area (Å²) < 4.78 is 2.22. The molecule has 0 amide bonds. The molecule has 0 aromatic heterocycles. The van der Waals surface area contributed by atoms with E-state index >= 15 is 0 Å². The molecule has 0 radical (unpaired) electrons. The Morgan fingerprint density at radius 3 is 1.26 bits per heavy atom. The quantitative estimate of drug-likeness (QED) is 0.288. The fraction of sp³-hybridized carbons (Fsp3) is 0. The summed E-state index contributed by atoms with van der Waals surface area (Å²) in [6.45, 7) is 0. The van der Waals surface area contributed by atoms with Crippen LogP contribution in [0.2, 0.25) is 0 Å². The van der Waals surface area contributed by atoms with Crippen molar-refractivity contribution in [1.82, 2.24) is 0 Å². The molecule has 0 N–H and O–H groups in total. The molecule has 0 aliphatic heterocycles. The van der Waals surface area contributed by atoms with Crippen LogP contribution in [0, 0.1) is 0 Å². The van der Waals surface area contributed by atoms with Crippen LogP contribution in [0.25, 0.3) is 0 Å². The van der Waals surface area contributed by atoms with Crippen molar-refractivity contribution in [2.75, 3.05) is 0 Å². The molecule has 0 bridgehead atoms. The predicted molar refractivity (Wildman–Crippen MR) is 125 cm³/mol. The lowest BCUT2D eigenvalue weighted by molar-refractivity contribution is 1.60. The van der Waals surface area contributed by atoms with Crippen LogP contribution in [-0.2, 0) is 0 Å². The van der Waals surface area contributed by atoms with Crippen LogP contribution in [0.5, 0.6) is 0 Å². The maximum absolute atomic E-state index is 3.90. The van der Waals surface area contributed by atoms with Crippen molar-refractivity contribution in [3.05, 3.63) is 118 Å². The molecule has 0 unspecified atom stereocenters. The second-order valence-electron chi connectivity index (χ2n) is 6.45. The fourth-order valence-electron chi connectivity index (χ4n) is 3.82. The zero-order valence-corrected chi connectivity index (χ0v) is 18.8. The highest BCUT2D eigenvalue weighted by Crippen LogP contribution is 2.23. The van der Waals surface area contributed by atoms with Crippen LogP contribution in [0.4, 0.5) is 0 Å². The Bertz CT molecular complexity index is 935. The van der Waals surface area contributed by atoms with Crippen molar-refractivity contribution in [2.45, 2.75) is 0 Å². The summed E-state index contributed by atoms with van der Waals surface area (Å²) in [4.78, 5) is 0. The molecule has 3 heteroatoms. The minimum Gasteiger partial charge on any atom is -0.0623 e. The first-order chi connectivity index (χ1) is 13.2. The van der Waals surface area contributed by atoms with Gasteiger partial charge in [0.25, 0.3) is 0 Å². The third-order valence-corrected chi connectivity index (χ3v) is 12.2. The SMILES string of the molecule is Brc1cccc([Si](c2ccccc2)(c2ccccc2)c2ccccc2)c1Br. The topological polar surface area (TPSA) is 0 Å². The van der Waals surface area contributed by atoms with Gasteiger partial charge in [0.1, 0.15) is 0 Å². The van der Waals surface area contributed by atoms with Gasteiger partial charge in [0.2, 0.25) is 0 Å². The largest absolute Gasteiger partial charge is 0.180 e. The van der Waals surface area contributed by atoms with E-state index < -0.39 is 8.07 Å². The lowest BCUT2D eigenvalue weighted by Gasteiger charge is -2.35. The average molecular weight is 494 g/mol. The van der Waals surface area contributed by atoms with Crippen molar-refractivity contribution < 1.29 is 0 Å². The number of benzene rings is 4.